The highest BCUT2D eigenvalue weighted by atomic mass is 35.5. The van der Waals surface area contributed by atoms with E-state index in [-0.39, 0.29) is 16.5 Å². The van der Waals surface area contributed by atoms with Crippen LogP contribution < -0.4 is 0 Å². The summed E-state index contributed by atoms with van der Waals surface area (Å²) in [4.78, 5) is 14.4. The molecule has 0 fully saturated rings. The Bertz CT molecular complexity index is 597. The van der Waals surface area contributed by atoms with Crippen LogP contribution in [0, 0.1) is 10.1 Å². The molecule has 0 saturated heterocycles. The topological polar surface area (TPSA) is 55.5 Å². The van der Waals surface area contributed by atoms with E-state index in [1.165, 1.54) is 6.07 Å². The summed E-state index contributed by atoms with van der Waals surface area (Å²) in [5.41, 5.74) is 0.903. The van der Waals surface area contributed by atoms with E-state index in [9.17, 15) is 10.1 Å². The number of aliphatic imine (C=N–C) groups is 1. The normalized spacial score (nSPS) is 11.3. The van der Waals surface area contributed by atoms with E-state index < -0.39 is 4.92 Å². The molecule has 0 spiro atoms. The van der Waals surface area contributed by atoms with Gasteiger partial charge < -0.3 is 0 Å². The number of nitro groups is 1. The minimum Gasteiger partial charge on any atom is -0.258 e. The maximum atomic E-state index is 10.8. The zero-order valence-electron chi connectivity index (χ0n) is 9.29. The van der Waals surface area contributed by atoms with Gasteiger partial charge in [-0.3, -0.25) is 10.1 Å². The van der Waals surface area contributed by atoms with Gasteiger partial charge in [0.1, 0.15) is 10.9 Å². The van der Waals surface area contributed by atoms with Crippen molar-refractivity contribution >= 4 is 28.1 Å². The van der Waals surface area contributed by atoms with Crippen molar-refractivity contribution in [2.24, 2.45) is 4.99 Å². The Morgan fingerprint density at radius 2 is 1.67 bits per heavy atom. The SMILES string of the molecule is O=[N+]([O-])c1ccccc1N=C(Cl)c1ccccc1. The lowest BCUT2D eigenvalue weighted by Crippen LogP contribution is -1.92. The van der Waals surface area contributed by atoms with Crippen molar-refractivity contribution in [3.8, 4) is 0 Å². The summed E-state index contributed by atoms with van der Waals surface area (Å²) in [5.74, 6) is 0. The molecule has 0 aromatic heterocycles. The van der Waals surface area contributed by atoms with Gasteiger partial charge in [-0.1, -0.05) is 54.1 Å². The van der Waals surface area contributed by atoms with Gasteiger partial charge in [-0.2, -0.15) is 0 Å². The van der Waals surface area contributed by atoms with Crippen LogP contribution in [-0.2, 0) is 0 Å². The fourth-order valence-corrected chi connectivity index (χ4v) is 1.68. The molecule has 0 aliphatic heterocycles. The Morgan fingerprint density at radius 3 is 2.33 bits per heavy atom. The van der Waals surface area contributed by atoms with Crippen LogP contribution >= 0.6 is 11.6 Å². The van der Waals surface area contributed by atoms with Gasteiger partial charge in [0.15, 0.2) is 0 Å². The summed E-state index contributed by atoms with van der Waals surface area (Å²) in [5, 5.41) is 11.1. The molecule has 0 saturated carbocycles. The van der Waals surface area contributed by atoms with Gasteiger partial charge in [-0.15, -0.1) is 0 Å². The summed E-state index contributed by atoms with van der Waals surface area (Å²) in [6.45, 7) is 0. The number of hydrogen-bond donors (Lipinski definition) is 0. The molecule has 0 amide bonds. The van der Waals surface area contributed by atoms with Gasteiger partial charge in [0, 0.05) is 11.6 Å². The van der Waals surface area contributed by atoms with Crippen LogP contribution in [0.1, 0.15) is 5.56 Å². The lowest BCUT2D eigenvalue weighted by atomic mass is 10.2. The van der Waals surface area contributed by atoms with Crippen molar-refractivity contribution < 1.29 is 4.92 Å². The number of nitro benzene ring substituents is 1. The molecule has 0 heterocycles. The molecule has 2 aromatic rings. The van der Waals surface area contributed by atoms with E-state index >= 15 is 0 Å². The first-order valence-corrected chi connectivity index (χ1v) is 5.59. The van der Waals surface area contributed by atoms with E-state index in [1.54, 1.807) is 30.3 Å². The molecule has 5 heteroatoms. The van der Waals surface area contributed by atoms with Gasteiger partial charge >= 0.3 is 0 Å². The third-order valence-corrected chi connectivity index (χ3v) is 2.61. The smallest absolute Gasteiger partial charge is 0.258 e. The molecule has 0 N–H and O–H groups in total. The van der Waals surface area contributed by atoms with Crippen molar-refractivity contribution in [3.05, 3.63) is 70.3 Å². The minimum absolute atomic E-state index is 0.0634. The Kier molecular flexibility index (Phi) is 3.69. The number of nitrogens with zero attached hydrogens (tertiary/aromatic N) is 2. The lowest BCUT2D eigenvalue weighted by Gasteiger charge is -1.99. The van der Waals surface area contributed by atoms with E-state index in [2.05, 4.69) is 4.99 Å². The maximum absolute atomic E-state index is 10.8. The molecular formula is C13H9ClN2O2. The van der Waals surface area contributed by atoms with Gasteiger partial charge in [0.05, 0.1) is 4.92 Å². The molecule has 90 valence electrons. The zero-order valence-corrected chi connectivity index (χ0v) is 10.0. The van der Waals surface area contributed by atoms with Crippen molar-refractivity contribution in [3.63, 3.8) is 0 Å². The predicted molar refractivity (Wildman–Crippen MR) is 71.6 cm³/mol. The van der Waals surface area contributed by atoms with Crippen LogP contribution in [0.4, 0.5) is 11.4 Å². The number of hydrogen-bond acceptors (Lipinski definition) is 3. The minimum atomic E-state index is -0.478. The number of benzene rings is 2. The maximum Gasteiger partial charge on any atom is 0.294 e. The first-order valence-electron chi connectivity index (χ1n) is 5.21. The van der Waals surface area contributed by atoms with Crippen LogP contribution in [-0.4, -0.2) is 10.1 Å². The first-order chi connectivity index (χ1) is 8.68. The lowest BCUT2D eigenvalue weighted by molar-refractivity contribution is -0.384. The quantitative estimate of drug-likeness (QED) is 0.477. The summed E-state index contributed by atoms with van der Waals surface area (Å²) < 4.78 is 0. The largest absolute Gasteiger partial charge is 0.294 e. The average molecular weight is 261 g/mol. The summed E-state index contributed by atoms with van der Waals surface area (Å²) in [6.07, 6.45) is 0. The second kappa shape index (κ2) is 5.42. The third kappa shape index (κ3) is 2.73. The Morgan fingerprint density at radius 1 is 1.06 bits per heavy atom. The molecule has 0 aliphatic rings. The Hall–Kier alpha value is -2.20. The number of rotatable bonds is 3. The standard InChI is InChI=1S/C13H9ClN2O2/c14-13(10-6-2-1-3-7-10)15-11-8-4-5-9-12(11)16(17)18/h1-9H. The first kappa shape index (κ1) is 12.3. The monoisotopic (exact) mass is 260 g/mol. The van der Waals surface area contributed by atoms with Crippen LogP contribution in [0.15, 0.2) is 59.6 Å². The molecule has 0 aliphatic carbocycles. The fraction of sp³-hybridized carbons (Fsp3) is 0. The van der Waals surface area contributed by atoms with Crippen molar-refractivity contribution in [2.75, 3.05) is 0 Å². The van der Waals surface area contributed by atoms with E-state index in [0.29, 0.717) is 0 Å². The average Bonchev–Trinajstić information content (AvgIpc) is 2.40. The van der Waals surface area contributed by atoms with Crippen LogP contribution in [0.5, 0.6) is 0 Å². The highest BCUT2D eigenvalue weighted by Crippen LogP contribution is 2.27. The molecule has 0 bridgehead atoms. The Balaban J connectivity index is 2.42. The van der Waals surface area contributed by atoms with Crippen LogP contribution in [0.2, 0.25) is 0 Å². The van der Waals surface area contributed by atoms with Crippen molar-refractivity contribution in [1.82, 2.24) is 0 Å². The van der Waals surface area contributed by atoms with E-state index in [0.717, 1.165) is 5.56 Å². The van der Waals surface area contributed by atoms with Crippen molar-refractivity contribution in [1.29, 1.82) is 0 Å². The molecule has 18 heavy (non-hydrogen) atoms. The number of para-hydroxylation sites is 2. The fourth-order valence-electron chi connectivity index (χ4n) is 1.46. The molecular weight excluding hydrogens is 252 g/mol. The van der Waals surface area contributed by atoms with E-state index in [1.807, 2.05) is 18.2 Å². The van der Waals surface area contributed by atoms with Gasteiger partial charge in [0.2, 0.25) is 0 Å². The third-order valence-electron chi connectivity index (χ3n) is 2.31. The predicted octanol–water partition coefficient (Wildman–Crippen LogP) is 3.91. The van der Waals surface area contributed by atoms with Crippen LogP contribution in [0.25, 0.3) is 0 Å². The summed E-state index contributed by atoms with van der Waals surface area (Å²) in [6, 6.07) is 15.3. The van der Waals surface area contributed by atoms with Crippen molar-refractivity contribution in [2.45, 2.75) is 0 Å². The summed E-state index contributed by atoms with van der Waals surface area (Å²) >= 11 is 6.04. The molecule has 0 unspecified atom stereocenters. The molecule has 2 rings (SSSR count). The Labute approximate surface area is 109 Å². The highest BCUT2D eigenvalue weighted by molar-refractivity contribution is 6.69. The molecule has 0 radical (unpaired) electrons. The van der Waals surface area contributed by atoms with Gasteiger partial charge in [-0.05, 0) is 6.07 Å². The highest BCUT2D eigenvalue weighted by Gasteiger charge is 2.12. The second-order valence-corrected chi connectivity index (χ2v) is 3.87. The van der Waals surface area contributed by atoms with Gasteiger partial charge in [-0.25, -0.2) is 4.99 Å². The van der Waals surface area contributed by atoms with Gasteiger partial charge in [0.25, 0.3) is 5.69 Å². The molecule has 2 aromatic carbocycles. The molecule has 0 atom stereocenters. The summed E-state index contributed by atoms with van der Waals surface area (Å²) in [7, 11) is 0. The second-order valence-electron chi connectivity index (χ2n) is 3.51. The molecule has 4 nitrogen and oxygen atoms in total. The number of halogens is 1. The zero-order chi connectivity index (χ0) is 13.0. The van der Waals surface area contributed by atoms with Crippen LogP contribution in [0.3, 0.4) is 0 Å². The van der Waals surface area contributed by atoms with E-state index in [4.69, 9.17) is 11.6 Å².